The average molecular weight is 168 g/mol. The number of aryl methyl sites for hydroxylation is 1. The van der Waals surface area contributed by atoms with Crippen LogP contribution in [0.15, 0.2) is 16.5 Å². The number of hydrogen-bond acceptors (Lipinski definition) is 3. The summed E-state index contributed by atoms with van der Waals surface area (Å²) in [6.07, 6.45) is 0.862. The molecular formula is C9H16N2O. The van der Waals surface area contributed by atoms with Gasteiger partial charge in [0.2, 0.25) is 0 Å². The molecule has 0 amide bonds. The van der Waals surface area contributed by atoms with Gasteiger partial charge < -0.3 is 15.9 Å². The van der Waals surface area contributed by atoms with Gasteiger partial charge in [-0.15, -0.1) is 0 Å². The molecule has 1 rings (SSSR count). The van der Waals surface area contributed by atoms with Gasteiger partial charge in [0.15, 0.2) is 0 Å². The molecule has 0 aliphatic rings. The Labute approximate surface area is 72.7 Å². The van der Waals surface area contributed by atoms with Crippen LogP contribution in [0.2, 0.25) is 0 Å². The fraction of sp³-hybridized carbons (Fsp3) is 0.556. The predicted molar refractivity (Wildman–Crippen MR) is 48.6 cm³/mol. The Morgan fingerprint density at radius 2 is 2.08 bits per heavy atom. The fourth-order valence-corrected chi connectivity index (χ4v) is 1.10. The molecule has 4 N–H and O–H groups in total. The SMILES string of the molecule is CCC(N)C(N)c1ccc(C)o1. The van der Waals surface area contributed by atoms with Crippen LogP contribution in [0.4, 0.5) is 0 Å². The Morgan fingerprint density at radius 3 is 2.50 bits per heavy atom. The van der Waals surface area contributed by atoms with Gasteiger partial charge in [-0.1, -0.05) is 6.92 Å². The first-order valence-electron chi connectivity index (χ1n) is 4.22. The van der Waals surface area contributed by atoms with Crippen molar-refractivity contribution < 1.29 is 4.42 Å². The molecule has 0 aromatic carbocycles. The van der Waals surface area contributed by atoms with Gasteiger partial charge in [0.1, 0.15) is 11.5 Å². The summed E-state index contributed by atoms with van der Waals surface area (Å²) in [5.74, 6) is 1.66. The van der Waals surface area contributed by atoms with Gasteiger partial charge in [-0.2, -0.15) is 0 Å². The van der Waals surface area contributed by atoms with Crippen molar-refractivity contribution in [3.05, 3.63) is 23.7 Å². The van der Waals surface area contributed by atoms with E-state index in [1.54, 1.807) is 0 Å². The summed E-state index contributed by atoms with van der Waals surface area (Å²) in [7, 11) is 0. The minimum Gasteiger partial charge on any atom is -0.465 e. The van der Waals surface area contributed by atoms with Crippen LogP contribution in [0.3, 0.4) is 0 Å². The standard InChI is InChI=1S/C9H16N2O/c1-3-7(10)9(11)8-5-4-6(2)12-8/h4-5,7,9H,3,10-11H2,1-2H3. The van der Waals surface area contributed by atoms with E-state index in [4.69, 9.17) is 15.9 Å². The first kappa shape index (κ1) is 9.29. The smallest absolute Gasteiger partial charge is 0.122 e. The third-order valence-electron chi connectivity index (χ3n) is 2.02. The first-order valence-corrected chi connectivity index (χ1v) is 4.22. The van der Waals surface area contributed by atoms with E-state index in [0.29, 0.717) is 0 Å². The molecular weight excluding hydrogens is 152 g/mol. The highest BCUT2D eigenvalue weighted by molar-refractivity contribution is 5.10. The Kier molecular flexibility index (Phi) is 2.89. The van der Waals surface area contributed by atoms with Crippen LogP contribution < -0.4 is 11.5 Å². The molecule has 0 aliphatic heterocycles. The number of furan rings is 1. The van der Waals surface area contributed by atoms with E-state index in [1.165, 1.54) is 0 Å². The number of rotatable bonds is 3. The lowest BCUT2D eigenvalue weighted by Gasteiger charge is -2.15. The Hall–Kier alpha value is -0.800. The lowest BCUT2D eigenvalue weighted by atomic mass is 10.1. The maximum absolute atomic E-state index is 5.84. The van der Waals surface area contributed by atoms with E-state index in [2.05, 4.69) is 0 Å². The average Bonchev–Trinajstić information content (AvgIpc) is 2.49. The van der Waals surface area contributed by atoms with Crippen LogP contribution in [-0.2, 0) is 0 Å². The molecule has 1 aromatic heterocycles. The zero-order valence-electron chi connectivity index (χ0n) is 7.58. The van der Waals surface area contributed by atoms with Crippen LogP contribution in [0, 0.1) is 6.92 Å². The molecule has 3 nitrogen and oxygen atoms in total. The molecule has 1 heterocycles. The second-order valence-corrected chi connectivity index (χ2v) is 3.05. The molecule has 2 unspecified atom stereocenters. The monoisotopic (exact) mass is 168 g/mol. The van der Waals surface area contributed by atoms with Gasteiger partial charge in [-0.3, -0.25) is 0 Å². The lowest BCUT2D eigenvalue weighted by molar-refractivity contribution is 0.405. The fourth-order valence-electron chi connectivity index (χ4n) is 1.10. The summed E-state index contributed by atoms with van der Waals surface area (Å²) in [4.78, 5) is 0. The van der Waals surface area contributed by atoms with Crippen molar-refractivity contribution in [1.82, 2.24) is 0 Å². The van der Waals surface area contributed by atoms with Crippen LogP contribution in [-0.4, -0.2) is 6.04 Å². The molecule has 3 heteroatoms. The molecule has 1 aromatic rings. The third-order valence-corrected chi connectivity index (χ3v) is 2.02. The van der Waals surface area contributed by atoms with E-state index in [9.17, 15) is 0 Å². The minimum absolute atomic E-state index is 0.0180. The van der Waals surface area contributed by atoms with E-state index in [-0.39, 0.29) is 12.1 Å². The molecule has 0 bridgehead atoms. The molecule has 2 atom stereocenters. The van der Waals surface area contributed by atoms with E-state index in [0.717, 1.165) is 17.9 Å². The van der Waals surface area contributed by atoms with E-state index < -0.39 is 0 Å². The highest BCUT2D eigenvalue weighted by atomic mass is 16.3. The summed E-state index contributed by atoms with van der Waals surface area (Å²) in [5.41, 5.74) is 11.6. The van der Waals surface area contributed by atoms with E-state index in [1.807, 2.05) is 26.0 Å². The second-order valence-electron chi connectivity index (χ2n) is 3.05. The van der Waals surface area contributed by atoms with Crippen molar-refractivity contribution >= 4 is 0 Å². The molecule has 68 valence electrons. The van der Waals surface area contributed by atoms with Gasteiger partial charge in [-0.25, -0.2) is 0 Å². The van der Waals surface area contributed by atoms with Crippen LogP contribution >= 0.6 is 0 Å². The normalized spacial score (nSPS) is 16.0. The van der Waals surface area contributed by atoms with E-state index >= 15 is 0 Å². The molecule has 0 saturated heterocycles. The van der Waals surface area contributed by atoms with Crippen molar-refractivity contribution in [1.29, 1.82) is 0 Å². The number of nitrogens with two attached hydrogens (primary N) is 2. The summed E-state index contributed by atoms with van der Waals surface area (Å²) >= 11 is 0. The highest BCUT2D eigenvalue weighted by Crippen LogP contribution is 2.17. The summed E-state index contributed by atoms with van der Waals surface area (Å²) in [5, 5.41) is 0. The quantitative estimate of drug-likeness (QED) is 0.715. The molecule has 0 fully saturated rings. The van der Waals surface area contributed by atoms with Gasteiger partial charge in [0.25, 0.3) is 0 Å². The molecule has 0 spiro atoms. The predicted octanol–water partition coefficient (Wildman–Crippen LogP) is 1.33. The van der Waals surface area contributed by atoms with Gasteiger partial charge in [-0.05, 0) is 25.5 Å². The maximum Gasteiger partial charge on any atom is 0.122 e. The Balaban J connectivity index is 2.70. The zero-order chi connectivity index (χ0) is 9.14. The number of hydrogen-bond donors (Lipinski definition) is 2. The van der Waals surface area contributed by atoms with Crippen LogP contribution in [0.25, 0.3) is 0 Å². The van der Waals surface area contributed by atoms with Crippen molar-refractivity contribution in [2.75, 3.05) is 0 Å². The highest BCUT2D eigenvalue weighted by Gasteiger charge is 2.16. The maximum atomic E-state index is 5.84. The largest absolute Gasteiger partial charge is 0.465 e. The van der Waals surface area contributed by atoms with Gasteiger partial charge in [0, 0.05) is 6.04 Å². The Bertz CT molecular complexity index is 244. The summed E-state index contributed by atoms with van der Waals surface area (Å²) in [6.45, 7) is 3.91. The van der Waals surface area contributed by atoms with Crippen LogP contribution in [0.5, 0.6) is 0 Å². The van der Waals surface area contributed by atoms with Gasteiger partial charge in [0.05, 0.1) is 6.04 Å². The molecule has 0 saturated carbocycles. The Morgan fingerprint density at radius 1 is 1.42 bits per heavy atom. The van der Waals surface area contributed by atoms with Crippen molar-refractivity contribution in [2.24, 2.45) is 11.5 Å². The third kappa shape index (κ3) is 1.87. The molecule has 0 radical (unpaired) electrons. The second kappa shape index (κ2) is 3.74. The van der Waals surface area contributed by atoms with Gasteiger partial charge >= 0.3 is 0 Å². The first-order chi connectivity index (χ1) is 5.65. The zero-order valence-corrected chi connectivity index (χ0v) is 7.58. The van der Waals surface area contributed by atoms with Crippen molar-refractivity contribution in [3.63, 3.8) is 0 Å². The van der Waals surface area contributed by atoms with Crippen molar-refractivity contribution in [2.45, 2.75) is 32.4 Å². The lowest BCUT2D eigenvalue weighted by Crippen LogP contribution is -2.33. The summed E-state index contributed by atoms with van der Waals surface area (Å²) < 4.78 is 5.36. The van der Waals surface area contributed by atoms with Crippen LogP contribution in [0.1, 0.15) is 30.9 Å². The summed E-state index contributed by atoms with van der Waals surface area (Å²) in [6, 6.07) is 3.59. The molecule has 12 heavy (non-hydrogen) atoms. The minimum atomic E-state index is -0.177. The topological polar surface area (TPSA) is 65.2 Å². The van der Waals surface area contributed by atoms with Crippen molar-refractivity contribution in [3.8, 4) is 0 Å². The molecule has 0 aliphatic carbocycles.